The molecule has 4 nitrogen and oxygen atoms in total. The molecule has 0 saturated heterocycles. The lowest BCUT2D eigenvalue weighted by Gasteiger charge is -2.40. The van der Waals surface area contributed by atoms with Crippen LogP contribution < -0.4 is 9.47 Å². The van der Waals surface area contributed by atoms with E-state index in [1.165, 1.54) is 12.1 Å². The van der Waals surface area contributed by atoms with E-state index in [4.69, 9.17) is 9.47 Å². The van der Waals surface area contributed by atoms with Crippen LogP contribution in [-0.4, -0.2) is 24.3 Å². The van der Waals surface area contributed by atoms with E-state index in [2.05, 4.69) is 0 Å². The lowest BCUT2D eigenvalue weighted by molar-refractivity contribution is -0.147. The van der Waals surface area contributed by atoms with E-state index < -0.39 is 17.8 Å². The van der Waals surface area contributed by atoms with Gasteiger partial charge in [0.15, 0.2) is 11.5 Å². The molecular weight excluding hydrogens is 270 g/mol. The molecule has 1 saturated carbocycles. The van der Waals surface area contributed by atoms with Gasteiger partial charge < -0.3 is 14.6 Å². The number of hydrogen-bond donors (Lipinski definition) is 1. The summed E-state index contributed by atoms with van der Waals surface area (Å²) in [5.41, 5.74) is -1.02. The van der Waals surface area contributed by atoms with Crippen LogP contribution in [0.5, 0.6) is 11.5 Å². The number of halogens is 2. The van der Waals surface area contributed by atoms with Gasteiger partial charge in [0.2, 0.25) is 0 Å². The van der Waals surface area contributed by atoms with Crippen LogP contribution >= 0.6 is 0 Å². The topological polar surface area (TPSA) is 55.8 Å². The summed E-state index contributed by atoms with van der Waals surface area (Å²) in [6, 6.07) is 2.49. The Hall–Kier alpha value is -1.85. The second kappa shape index (κ2) is 4.61. The Balaban J connectivity index is 2.17. The molecule has 0 amide bonds. The van der Waals surface area contributed by atoms with Crippen LogP contribution in [0, 0.1) is 0 Å². The maximum Gasteiger partial charge on any atom is 0.314 e. The minimum atomic E-state index is -2.67. The predicted octanol–water partition coefficient (Wildman–Crippen LogP) is 2.90. The van der Waals surface area contributed by atoms with Crippen LogP contribution in [0.3, 0.4) is 0 Å². The van der Waals surface area contributed by atoms with Crippen molar-refractivity contribution in [1.29, 1.82) is 0 Å². The zero-order valence-corrected chi connectivity index (χ0v) is 10.7. The average molecular weight is 284 g/mol. The van der Waals surface area contributed by atoms with Gasteiger partial charge in [0.25, 0.3) is 6.43 Å². The van der Waals surface area contributed by atoms with Crippen molar-refractivity contribution < 1.29 is 28.2 Å². The summed E-state index contributed by atoms with van der Waals surface area (Å²) in [7, 11) is 0. The standard InChI is InChI=1S/C14H14F2O4/c15-12(16)8-6-9(14(13(17)18)2-1-3-14)11-10(7-8)19-4-5-20-11/h6-7,12H,1-5H2,(H,17,18). The van der Waals surface area contributed by atoms with Gasteiger partial charge in [0, 0.05) is 11.1 Å². The number of rotatable bonds is 3. The Kier molecular flexibility index (Phi) is 3.03. The lowest BCUT2D eigenvalue weighted by atomic mass is 9.64. The number of alkyl halides is 2. The fraction of sp³-hybridized carbons (Fsp3) is 0.500. The lowest BCUT2D eigenvalue weighted by Crippen LogP contribution is -2.43. The zero-order chi connectivity index (χ0) is 14.3. The summed E-state index contributed by atoms with van der Waals surface area (Å²) in [5.74, 6) is -0.467. The van der Waals surface area contributed by atoms with Crippen LogP contribution in [0.1, 0.15) is 36.8 Å². The molecule has 1 aliphatic heterocycles. The van der Waals surface area contributed by atoms with Gasteiger partial charge in [-0.15, -0.1) is 0 Å². The van der Waals surface area contributed by atoms with Crippen molar-refractivity contribution in [2.75, 3.05) is 13.2 Å². The van der Waals surface area contributed by atoms with Crippen molar-refractivity contribution >= 4 is 5.97 Å². The average Bonchev–Trinajstić information content (AvgIpc) is 2.36. The van der Waals surface area contributed by atoms with E-state index in [1.54, 1.807) is 0 Å². The molecule has 3 rings (SSSR count). The summed E-state index contributed by atoms with van der Waals surface area (Å²) in [6.45, 7) is 0.572. The Bertz CT molecular complexity index is 552. The van der Waals surface area contributed by atoms with Gasteiger partial charge in [-0.25, -0.2) is 8.78 Å². The Morgan fingerprint density at radius 2 is 1.95 bits per heavy atom. The molecule has 0 bridgehead atoms. The molecule has 0 unspecified atom stereocenters. The van der Waals surface area contributed by atoms with Crippen LogP contribution in [-0.2, 0) is 10.2 Å². The molecule has 1 aliphatic carbocycles. The zero-order valence-electron chi connectivity index (χ0n) is 10.7. The molecule has 1 aromatic carbocycles. The van der Waals surface area contributed by atoms with Crippen molar-refractivity contribution in [3.63, 3.8) is 0 Å². The summed E-state index contributed by atoms with van der Waals surface area (Å²) in [6.07, 6.45) is -1.04. The molecule has 1 aromatic rings. The number of ether oxygens (including phenoxy) is 2. The highest BCUT2D eigenvalue weighted by molar-refractivity contribution is 5.84. The van der Waals surface area contributed by atoms with Crippen molar-refractivity contribution in [3.05, 3.63) is 23.3 Å². The number of hydrogen-bond acceptors (Lipinski definition) is 3. The van der Waals surface area contributed by atoms with Crippen molar-refractivity contribution in [1.82, 2.24) is 0 Å². The van der Waals surface area contributed by atoms with Crippen LogP contribution in [0.25, 0.3) is 0 Å². The normalized spacial score (nSPS) is 19.6. The van der Waals surface area contributed by atoms with Gasteiger partial charge in [-0.3, -0.25) is 4.79 Å². The molecule has 0 spiro atoms. The number of carboxylic acid groups (broad SMARTS) is 1. The minimum absolute atomic E-state index is 0.219. The van der Waals surface area contributed by atoms with Crippen LogP contribution in [0.2, 0.25) is 0 Å². The van der Waals surface area contributed by atoms with E-state index in [-0.39, 0.29) is 17.9 Å². The second-order valence-electron chi connectivity index (χ2n) is 5.13. The monoisotopic (exact) mass is 284 g/mol. The molecule has 0 radical (unpaired) electrons. The maximum absolute atomic E-state index is 13.0. The Morgan fingerprint density at radius 1 is 1.25 bits per heavy atom. The van der Waals surface area contributed by atoms with Crippen molar-refractivity contribution in [2.45, 2.75) is 31.1 Å². The molecule has 1 heterocycles. The molecule has 0 aromatic heterocycles. The highest BCUT2D eigenvalue weighted by Crippen LogP contribution is 2.51. The van der Waals surface area contributed by atoms with Gasteiger partial charge in [-0.2, -0.15) is 0 Å². The molecule has 6 heteroatoms. The van der Waals surface area contributed by atoms with E-state index in [0.717, 1.165) is 6.42 Å². The van der Waals surface area contributed by atoms with E-state index in [0.29, 0.717) is 30.8 Å². The first-order chi connectivity index (χ1) is 9.54. The third kappa shape index (κ3) is 1.82. The first-order valence-electron chi connectivity index (χ1n) is 6.50. The molecule has 20 heavy (non-hydrogen) atoms. The molecular formula is C14H14F2O4. The maximum atomic E-state index is 13.0. The van der Waals surface area contributed by atoms with Gasteiger partial charge in [-0.05, 0) is 25.0 Å². The van der Waals surface area contributed by atoms with E-state index >= 15 is 0 Å². The van der Waals surface area contributed by atoms with Crippen LogP contribution in [0.4, 0.5) is 8.78 Å². The third-order valence-electron chi connectivity index (χ3n) is 4.05. The number of benzene rings is 1. The van der Waals surface area contributed by atoms with Crippen LogP contribution in [0.15, 0.2) is 12.1 Å². The molecule has 2 aliphatic rings. The highest BCUT2D eigenvalue weighted by Gasteiger charge is 2.49. The van der Waals surface area contributed by atoms with E-state index in [9.17, 15) is 18.7 Å². The number of aliphatic carboxylic acids is 1. The quantitative estimate of drug-likeness (QED) is 0.927. The second-order valence-corrected chi connectivity index (χ2v) is 5.13. The molecule has 1 N–H and O–H groups in total. The van der Waals surface area contributed by atoms with Gasteiger partial charge >= 0.3 is 5.97 Å². The number of fused-ring (bicyclic) bond motifs is 1. The van der Waals surface area contributed by atoms with Gasteiger partial charge in [0.1, 0.15) is 13.2 Å². The first kappa shape index (κ1) is 13.1. The Morgan fingerprint density at radius 3 is 2.50 bits per heavy atom. The largest absolute Gasteiger partial charge is 0.486 e. The van der Waals surface area contributed by atoms with Crippen molar-refractivity contribution in [3.8, 4) is 11.5 Å². The summed E-state index contributed by atoms with van der Waals surface area (Å²) in [5, 5.41) is 9.48. The molecule has 108 valence electrons. The first-order valence-corrected chi connectivity index (χ1v) is 6.50. The smallest absolute Gasteiger partial charge is 0.314 e. The third-order valence-corrected chi connectivity index (χ3v) is 4.05. The fourth-order valence-corrected chi connectivity index (χ4v) is 2.79. The Labute approximate surface area is 114 Å². The minimum Gasteiger partial charge on any atom is -0.486 e. The highest BCUT2D eigenvalue weighted by atomic mass is 19.3. The fourth-order valence-electron chi connectivity index (χ4n) is 2.79. The van der Waals surface area contributed by atoms with Gasteiger partial charge in [-0.1, -0.05) is 6.42 Å². The molecule has 1 fully saturated rings. The predicted molar refractivity (Wildman–Crippen MR) is 65.6 cm³/mol. The molecule has 0 atom stereocenters. The summed E-state index contributed by atoms with van der Waals surface area (Å²) < 4.78 is 36.8. The van der Waals surface area contributed by atoms with Gasteiger partial charge in [0.05, 0.1) is 5.41 Å². The number of carboxylic acids is 1. The van der Waals surface area contributed by atoms with E-state index in [1.807, 2.05) is 0 Å². The SMILES string of the molecule is O=C(O)C1(c2cc(C(F)F)cc3c2OCCO3)CCC1. The van der Waals surface area contributed by atoms with Crippen molar-refractivity contribution in [2.24, 2.45) is 0 Å². The summed E-state index contributed by atoms with van der Waals surface area (Å²) in [4.78, 5) is 11.6. The summed E-state index contributed by atoms with van der Waals surface area (Å²) >= 11 is 0. The number of carbonyl (C=O) groups is 1.